The number of nitrogens with two attached hydrogens (primary N) is 1. The number of amides is 2. The molecule has 5 nitrogen and oxygen atoms in total. The zero-order valence-corrected chi connectivity index (χ0v) is 13.3. The van der Waals surface area contributed by atoms with Crippen LogP contribution in [0.1, 0.15) is 27.8 Å². The molecule has 0 saturated carbocycles. The third-order valence-electron chi connectivity index (χ3n) is 4.18. The molecule has 0 fully saturated rings. The lowest BCUT2D eigenvalue weighted by molar-refractivity contribution is 0.249. The minimum atomic E-state index is -0.668. The lowest BCUT2D eigenvalue weighted by Crippen LogP contribution is -2.24. The highest BCUT2D eigenvalue weighted by atomic mass is 16.2. The van der Waals surface area contributed by atoms with Crippen molar-refractivity contribution in [3.8, 4) is 0 Å². The van der Waals surface area contributed by atoms with Gasteiger partial charge in [-0.3, -0.25) is 0 Å². The van der Waals surface area contributed by atoms with Gasteiger partial charge in [0.15, 0.2) is 0 Å². The molecule has 1 aliphatic heterocycles. The third kappa shape index (κ3) is 3.34. The van der Waals surface area contributed by atoms with E-state index in [9.17, 15) is 4.79 Å². The first-order valence-electron chi connectivity index (χ1n) is 7.55. The molecule has 1 heterocycles. The van der Waals surface area contributed by atoms with Crippen molar-refractivity contribution >= 4 is 17.9 Å². The summed E-state index contributed by atoms with van der Waals surface area (Å²) in [5.41, 5.74) is 14.7. The van der Waals surface area contributed by atoms with Gasteiger partial charge in [0.2, 0.25) is 0 Å². The molecule has 0 spiro atoms. The van der Waals surface area contributed by atoms with Gasteiger partial charge in [0.1, 0.15) is 0 Å². The Balaban J connectivity index is 1.72. The summed E-state index contributed by atoms with van der Waals surface area (Å²) in [5.74, 6) is 0. The number of aryl methyl sites for hydroxylation is 2. The van der Waals surface area contributed by atoms with Gasteiger partial charge < -0.3 is 10.6 Å². The summed E-state index contributed by atoms with van der Waals surface area (Å²) < 4.78 is 0. The molecular weight excluding hydrogens is 288 g/mol. The average molecular weight is 308 g/mol. The second-order valence-corrected chi connectivity index (χ2v) is 5.89. The first kappa shape index (κ1) is 15.1. The second-order valence-electron chi connectivity index (χ2n) is 5.89. The van der Waals surface area contributed by atoms with Crippen molar-refractivity contribution < 1.29 is 4.79 Å². The Kier molecular flexibility index (Phi) is 4.02. The Morgan fingerprint density at radius 3 is 2.22 bits per heavy atom. The molecule has 3 N–H and O–H groups in total. The maximum absolute atomic E-state index is 10.6. The molecule has 0 aliphatic carbocycles. The number of hydrazone groups is 1. The van der Waals surface area contributed by atoms with Crippen LogP contribution >= 0.6 is 0 Å². The van der Waals surface area contributed by atoms with Gasteiger partial charge in [0.25, 0.3) is 0 Å². The largest absolute Gasteiger partial charge is 0.363 e. The van der Waals surface area contributed by atoms with Crippen molar-refractivity contribution in [1.29, 1.82) is 0 Å². The van der Waals surface area contributed by atoms with Crippen LogP contribution in [0.4, 0.5) is 10.5 Å². The smallest absolute Gasteiger partial charge is 0.332 e. The predicted molar refractivity (Wildman–Crippen MR) is 92.6 cm³/mol. The highest BCUT2D eigenvalue weighted by Crippen LogP contribution is 2.30. The standard InChI is InChI=1S/C18H20N4O/c1-12-7-15-10-22(11-16(15)8-13(12)2)17-5-3-14(4-6-17)9-20-21-18(19)23/h3-9H,10-11H2,1-2H3,(H3,19,21,23)/b20-9+. The Bertz CT molecular complexity index is 734. The van der Waals surface area contributed by atoms with Crippen molar-refractivity contribution in [2.24, 2.45) is 10.8 Å². The molecule has 5 heteroatoms. The fraction of sp³-hybridized carbons (Fsp3) is 0.222. The van der Waals surface area contributed by atoms with E-state index >= 15 is 0 Å². The van der Waals surface area contributed by atoms with Crippen molar-refractivity contribution in [3.05, 3.63) is 64.2 Å². The molecule has 3 rings (SSSR count). The van der Waals surface area contributed by atoms with E-state index in [1.54, 1.807) is 6.21 Å². The van der Waals surface area contributed by atoms with E-state index in [-0.39, 0.29) is 0 Å². The number of carbonyl (C=O) groups is 1. The summed E-state index contributed by atoms with van der Waals surface area (Å²) in [5, 5.41) is 3.76. The van der Waals surface area contributed by atoms with E-state index in [2.05, 4.69) is 53.5 Å². The summed E-state index contributed by atoms with van der Waals surface area (Å²) in [6.07, 6.45) is 1.57. The number of urea groups is 1. The second kappa shape index (κ2) is 6.12. The summed E-state index contributed by atoms with van der Waals surface area (Å²) in [4.78, 5) is 12.9. The molecule has 0 aromatic heterocycles. The summed E-state index contributed by atoms with van der Waals surface area (Å²) in [6, 6.07) is 12.0. The zero-order valence-electron chi connectivity index (χ0n) is 13.3. The number of anilines is 1. The molecule has 23 heavy (non-hydrogen) atoms. The van der Waals surface area contributed by atoms with Gasteiger partial charge >= 0.3 is 6.03 Å². The number of carbonyl (C=O) groups excluding carboxylic acids is 1. The molecule has 118 valence electrons. The van der Waals surface area contributed by atoms with Crippen LogP contribution in [-0.4, -0.2) is 12.2 Å². The van der Waals surface area contributed by atoms with E-state index in [0.29, 0.717) is 0 Å². The molecule has 1 aliphatic rings. The van der Waals surface area contributed by atoms with Gasteiger partial charge in [-0.15, -0.1) is 0 Å². The average Bonchev–Trinajstić information content (AvgIpc) is 2.91. The fourth-order valence-corrected chi connectivity index (χ4v) is 2.82. The van der Waals surface area contributed by atoms with Gasteiger partial charge in [0, 0.05) is 18.8 Å². The molecule has 2 aromatic rings. The fourth-order valence-electron chi connectivity index (χ4n) is 2.82. The van der Waals surface area contributed by atoms with Crippen LogP contribution in [0.5, 0.6) is 0 Å². The highest BCUT2D eigenvalue weighted by Gasteiger charge is 2.19. The minimum Gasteiger partial charge on any atom is -0.363 e. The summed E-state index contributed by atoms with van der Waals surface area (Å²) in [6.45, 7) is 6.19. The number of fused-ring (bicyclic) bond motifs is 1. The molecule has 2 amide bonds. The first-order valence-corrected chi connectivity index (χ1v) is 7.55. The van der Waals surface area contributed by atoms with Crippen LogP contribution in [0.25, 0.3) is 0 Å². The molecular formula is C18H20N4O. The van der Waals surface area contributed by atoms with Crippen molar-refractivity contribution in [2.75, 3.05) is 4.90 Å². The number of rotatable bonds is 3. The molecule has 0 saturated heterocycles. The molecule has 2 aromatic carbocycles. The number of hydrogen-bond acceptors (Lipinski definition) is 3. The number of nitrogens with zero attached hydrogens (tertiary/aromatic N) is 2. The van der Waals surface area contributed by atoms with Crippen LogP contribution < -0.4 is 16.1 Å². The lowest BCUT2D eigenvalue weighted by Gasteiger charge is -2.17. The Hall–Kier alpha value is -2.82. The Morgan fingerprint density at radius 1 is 1.13 bits per heavy atom. The van der Waals surface area contributed by atoms with Gasteiger partial charge in [-0.05, 0) is 53.8 Å². The molecule has 0 unspecified atom stereocenters. The maximum Gasteiger partial charge on any atom is 0.332 e. The van der Waals surface area contributed by atoms with E-state index in [1.807, 2.05) is 12.1 Å². The Labute approximate surface area is 135 Å². The SMILES string of the molecule is Cc1cc2c(cc1C)CN(c1ccc(/C=N/NC(N)=O)cc1)C2. The van der Waals surface area contributed by atoms with Crippen LogP contribution in [0.15, 0.2) is 41.5 Å². The summed E-state index contributed by atoms with van der Waals surface area (Å²) in [7, 11) is 0. The zero-order chi connectivity index (χ0) is 16.4. The van der Waals surface area contributed by atoms with Gasteiger partial charge in [-0.2, -0.15) is 5.10 Å². The third-order valence-corrected chi connectivity index (χ3v) is 4.18. The highest BCUT2D eigenvalue weighted by molar-refractivity contribution is 5.82. The van der Waals surface area contributed by atoms with Crippen LogP contribution in [0.2, 0.25) is 0 Å². The molecule has 0 bridgehead atoms. The van der Waals surface area contributed by atoms with Crippen molar-refractivity contribution in [3.63, 3.8) is 0 Å². The first-order chi connectivity index (χ1) is 11.0. The van der Waals surface area contributed by atoms with Crippen LogP contribution in [-0.2, 0) is 13.1 Å². The van der Waals surface area contributed by atoms with Crippen molar-refractivity contribution in [2.45, 2.75) is 26.9 Å². The molecule has 0 atom stereocenters. The van der Waals surface area contributed by atoms with Crippen LogP contribution in [0.3, 0.4) is 0 Å². The number of nitrogens with one attached hydrogen (secondary N) is 1. The predicted octanol–water partition coefficient (Wildman–Crippen LogP) is 2.83. The van der Waals surface area contributed by atoms with E-state index in [1.165, 1.54) is 27.9 Å². The van der Waals surface area contributed by atoms with E-state index < -0.39 is 6.03 Å². The van der Waals surface area contributed by atoms with E-state index in [0.717, 1.165) is 18.7 Å². The normalized spacial score (nSPS) is 13.4. The topological polar surface area (TPSA) is 70.7 Å². The number of primary amides is 1. The van der Waals surface area contributed by atoms with Crippen molar-refractivity contribution in [1.82, 2.24) is 5.43 Å². The monoisotopic (exact) mass is 308 g/mol. The van der Waals surface area contributed by atoms with E-state index in [4.69, 9.17) is 5.73 Å². The van der Waals surface area contributed by atoms with Crippen LogP contribution in [0, 0.1) is 13.8 Å². The number of hydrogen-bond donors (Lipinski definition) is 2. The Morgan fingerprint density at radius 2 is 1.70 bits per heavy atom. The van der Waals surface area contributed by atoms with Gasteiger partial charge in [-0.25, -0.2) is 10.2 Å². The van der Waals surface area contributed by atoms with Gasteiger partial charge in [-0.1, -0.05) is 24.3 Å². The van der Waals surface area contributed by atoms with Gasteiger partial charge in [0.05, 0.1) is 6.21 Å². The number of benzene rings is 2. The quantitative estimate of drug-likeness (QED) is 0.676. The maximum atomic E-state index is 10.6. The lowest BCUT2D eigenvalue weighted by atomic mass is 10.0. The molecule has 0 radical (unpaired) electrons. The minimum absolute atomic E-state index is 0.668. The summed E-state index contributed by atoms with van der Waals surface area (Å²) >= 11 is 0.